The van der Waals surface area contributed by atoms with Gasteiger partial charge in [-0.3, -0.25) is 4.90 Å². The van der Waals surface area contributed by atoms with Crippen LogP contribution in [0.2, 0.25) is 0 Å². The van der Waals surface area contributed by atoms with Crippen molar-refractivity contribution >= 4 is 210 Å². The van der Waals surface area contributed by atoms with Crippen LogP contribution in [0.1, 0.15) is 128 Å². The van der Waals surface area contributed by atoms with Crippen molar-refractivity contribution in [3.63, 3.8) is 0 Å². The summed E-state index contributed by atoms with van der Waals surface area (Å²) in [5.74, 6) is 1.24. The van der Waals surface area contributed by atoms with Crippen LogP contribution in [0, 0.1) is 70.5 Å². The Kier molecular flexibility index (Phi) is 38.2. The number of hydrogen-bond acceptors (Lipinski definition) is 15. The van der Waals surface area contributed by atoms with E-state index in [1.54, 1.807) is 12.1 Å². The average Bonchev–Trinajstić information content (AvgIpc) is 1.61. The molecule has 0 aliphatic carbocycles. The third-order valence-corrected chi connectivity index (χ3v) is 22.8. The molecular weight excluding hydrogens is 1930 g/mol. The molecule has 5 aromatic carbocycles. The number of aromatic amines is 1. The molecule has 2 saturated heterocycles. The first-order valence-electron chi connectivity index (χ1n) is 38.5. The Morgan fingerprint density at radius 3 is 1.22 bits per heavy atom. The summed E-state index contributed by atoms with van der Waals surface area (Å²) in [6, 6.07) is 55.6. The predicted octanol–water partition coefficient (Wildman–Crippen LogP) is 21.8. The maximum absolute atomic E-state index is 12.8. The molecule has 14 aromatic rings. The first-order chi connectivity index (χ1) is 57.4. The Balaban J connectivity index is 0.000000205. The largest absolute Gasteiger partial charge is 1.00 e. The fourth-order valence-corrected chi connectivity index (χ4v) is 16.9. The Hall–Kier alpha value is -7.72. The van der Waals surface area contributed by atoms with Crippen molar-refractivity contribution in [3.05, 3.63) is 212 Å². The van der Waals surface area contributed by atoms with Crippen molar-refractivity contribution in [1.29, 1.82) is 26.3 Å². The molecule has 18 nitrogen and oxygen atoms in total. The van der Waals surface area contributed by atoms with Gasteiger partial charge in [0.1, 0.15) is 92.8 Å². The second-order valence-corrected chi connectivity index (χ2v) is 36.2. The van der Waals surface area contributed by atoms with E-state index in [1.165, 1.54) is 44.9 Å². The summed E-state index contributed by atoms with van der Waals surface area (Å²) >= 11 is 30.6. The summed E-state index contributed by atoms with van der Waals surface area (Å²) in [6.07, 6.45) is -3.70. The van der Waals surface area contributed by atoms with Crippen LogP contribution in [0.5, 0.6) is 0 Å². The molecule has 2 fully saturated rings. The number of aryl methyl sites for hydroxylation is 6. The van der Waals surface area contributed by atoms with Crippen molar-refractivity contribution in [2.24, 2.45) is 0 Å². The van der Waals surface area contributed by atoms with Gasteiger partial charge in [0.05, 0.1) is 23.6 Å². The van der Waals surface area contributed by atoms with Crippen LogP contribution >= 0.6 is 124 Å². The molecule has 0 radical (unpaired) electrons. The Bertz CT molecular complexity index is 5930. The van der Waals surface area contributed by atoms with E-state index in [-0.39, 0.29) is 46.8 Å². The summed E-state index contributed by atoms with van der Waals surface area (Å²) in [6.45, 7) is 22.2. The number of benzene rings is 5. The zero-order valence-electron chi connectivity index (χ0n) is 68.7. The van der Waals surface area contributed by atoms with Gasteiger partial charge in [0.15, 0.2) is 0 Å². The minimum absolute atomic E-state index is 0. The quantitative estimate of drug-likeness (QED) is 0.0343. The van der Waals surface area contributed by atoms with Gasteiger partial charge in [-0.05, 0) is 205 Å². The molecule has 0 amide bonds. The van der Waals surface area contributed by atoms with Crippen LogP contribution in [0.15, 0.2) is 146 Å². The number of H-pyrrole nitrogens is 1. The number of halogens is 13. The third-order valence-electron chi connectivity index (χ3n) is 19.4. The number of alkyl halides is 13. The molecule has 0 spiro atoms. The molecule has 9 aromatic heterocycles. The number of fused-ring (bicyclic) bond motifs is 7. The van der Waals surface area contributed by atoms with E-state index in [1.807, 2.05) is 74.6 Å². The van der Waals surface area contributed by atoms with Crippen LogP contribution in [-0.2, 0) is 56.2 Å². The van der Waals surface area contributed by atoms with Gasteiger partial charge < -0.3 is 40.6 Å². The molecular formula is C87H88Br2Cl4F6IN18NaS2. The summed E-state index contributed by atoms with van der Waals surface area (Å²) in [5, 5.41) is 63.7. The number of anilines is 2. The van der Waals surface area contributed by atoms with E-state index in [0.29, 0.717) is 49.5 Å². The van der Waals surface area contributed by atoms with E-state index in [0.717, 1.165) is 190 Å². The van der Waals surface area contributed by atoms with Crippen molar-refractivity contribution in [2.75, 3.05) is 41.2 Å². The molecule has 34 heteroatoms. The molecule has 630 valence electrons. The summed E-state index contributed by atoms with van der Waals surface area (Å²) in [4.78, 5) is 23.8. The first-order valence-corrected chi connectivity index (χ1v) is 45.4. The van der Waals surface area contributed by atoms with Gasteiger partial charge in [0, 0.05) is 133 Å². The van der Waals surface area contributed by atoms with Crippen LogP contribution in [0.4, 0.5) is 38.0 Å². The zero-order valence-corrected chi connectivity index (χ0v) is 79.7. The third kappa shape index (κ3) is 28.4. The number of likely N-dealkylation sites (tertiary alicyclic amines) is 1. The summed E-state index contributed by atoms with van der Waals surface area (Å²) in [5.41, 5.74) is 15.2. The van der Waals surface area contributed by atoms with Gasteiger partial charge in [0.2, 0.25) is 0 Å². The topological polar surface area (TPSA) is 245 Å². The summed E-state index contributed by atoms with van der Waals surface area (Å²) in [7, 11) is 0. The number of nitrogens with zero attached hydrogens (tertiary/aromatic N) is 14. The number of thiophene rings is 2. The van der Waals surface area contributed by atoms with E-state index in [2.05, 4.69) is 244 Å². The molecule has 2 aliphatic heterocycles. The van der Waals surface area contributed by atoms with Crippen molar-refractivity contribution < 1.29 is 57.3 Å². The fourth-order valence-electron chi connectivity index (χ4n) is 14.1. The Labute approximate surface area is 781 Å². The van der Waals surface area contributed by atoms with Gasteiger partial charge in [-0.2, -0.15) is 52.7 Å². The Morgan fingerprint density at radius 1 is 0.496 bits per heavy atom. The maximum atomic E-state index is 12.8. The zero-order chi connectivity index (χ0) is 87.0. The SMILES string of the molecule is CCI.CCn1c(C#N)cc2cc(C)ccc21.CCn1c(C#N)cc2cc(CBr)ccc21.CCn1c(C#N)cc2cc(CBr)ccc21.CCn1c(C#N)cc2cc(CN3CCC(Nc4ncnc5sc(CC(F)(F)F)cc45)CC3)ccc21.Cc1ccc2[nH]c(C#N)cc2c1.ClC(Cl)(Cl)Cl.FC(F)(F)Cc1cc2c(NC3CCNCC3)ncnc2s1.[H-].[Na+]. The number of hydrogen-bond donors (Lipinski definition) is 4. The van der Waals surface area contributed by atoms with Gasteiger partial charge in [0.25, 0.3) is 3.25 Å². The normalized spacial score (nSPS) is 13.0. The minimum Gasteiger partial charge on any atom is -1.00 e. The van der Waals surface area contributed by atoms with Crippen molar-refractivity contribution in [1.82, 2.24) is 53.4 Å². The van der Waals surface area contributed by atoms with Crippen molar-refractivity contribution in [3.8, 4) is 30.3 Å². The van der Waals surface area contributed by atoms with E-state index in [4.69, 9.17) is 67.5 Å². The molecule has 0 bridgehead atoms. The predicted molar refractivity (Wildman–Crippen MR) is 495 cm³/mol. The monoisotopic (exact) mass is 2010 g/mol. The molecule has 0 atom stereocenters. The van der Waals surface area contributed by atoms with E-state index < -0.39 is 28.4 Å². The van der Waals surface area contributed by atoms with Gasteiger partial charge in [-0.25, -0.2) is 19.9 Å². The van der Waals surface area contributed by atoms with Crippen LogP contribution in [0.3, 0.4) is 0 Å². The number of piperidine rings is 2. The van der Waals surface area contributed by atoms with Crippen LogP contribution in [0.25, 0.3) is 74.9 Å². The molecule has 2 aliphatic rings. The van der Waals surface area contributed by atoms with Gasteiger partial charge in [-0.15, -0.1) is 22.7 Å². The minimum atomic E-state index is -4.24. The first kappa shape index (κ1) is 98.7. The second-order valence-electron chi connectivity index (χ2n) is 27.9. The molecule has 121 heavy (non-hydrogen) atoms. The number of nitrogens with one attached hydrogen (secondary N) is 4. The van der Waals surface area contributed by atoms with Crippen molar-refractivity contribution in [2.45, 2.75) is 158 Å². The van der Waals surface area contributed by atoms with E-state index in [9.17, 15) is 31.6 Å². The van der Waals surface area contributed by atoms with Crippen LogP contribution < -0.4 is 45.5 Å². The molecule has 16 rings (SSSR count). The maximum Gasteiger partial charge on any atom is 1.00 e. The van der Waals surface area contributed by atoms with Gasteiger partial charge in [-0.1, -0.05) is 149 Å². The number of nitriles is 5. The van der Waals surface area contributed by atoms with Gasteiger partial charge >= 0.3 is 41.9 Å². The fraction of sp³-hybridized carbons (Fsp3) is 0.345. The standard InChI is InChI=1S/C25H25F3N6S.C13H15F3N4S.2C12H11BrN2.C12H12N2.C10H8N2.C2H5I.CCl4.Na.H/c1-2-34-19(13-29)10-17-9-16(3-4-22(17)34)14-33-7-5-18(6-8-33)32-23-21-11-20(12-25(26,27)28)35-24(21)31-15-30-23;14-13(15,16)6-9-5-10-11(18-7-19-12(10)21-9)20-8-1-3-17-4-2-8;2*1-2-15-11(8-14)6-10-5-9(7-13)3-4-12(10)15;1-3-14-11(8-13)7-10-6-9(2)4-5-12(10)14;1-7-2-3-10-8(4-7)5-9(6-11)12-10;1-2-3;2-1(3,4)5;;/h3-4,9-11,15,18H,2,5-8,12,14H2,1H3,(H,30,31,32);5,7-8,17H,1-4,6H2,(H,18,19,20);2*3-6H,2,7H2,1H3;4-7H,3H2,1-2H3;2-5,12H,1H3;2H2,1H3;;;/q;;;;;;;;+1;-1. The number of aromatic nitrogens is 9. The van der Waals surface area contributed by atoms with Crippen LogP contribution in [-0.4, -0.2) is 106 Å². The average molecular weight is 2020 g/mol. The van der Waals surface area contributed by atoms with E-state index >= 15 is 0 Å². The molecule has 4 N–H and O–H groups in total. The molecule has 11 heterocycles. The Morgan fingerprint density at radius 2 is 0.851 bits per heavy atom. The smallest absolute Gasteiger partial charge is 1.00 e. The second kappa shape index (κ2) is 46.8. The molecule has 0 saturated carbocycles. The number of rotatable bonds is 14. The molecule has 0 unspecified atom stereocenters. The summed E-state index contributed by atoms with van der Waals surface area (Å²) < 4.78 is 83.6.